The first-order valence-corrected chi connectivity index (χ1v) is 7.71. The lowest BCUT2D eigenvalue weighted by atomic mass is 10.2. The Hall–Kier alpha value is -0.353. The van der Waals surface area contributed by atoms with Crippen LogP contribution in [-0.2, 0) is 9.22 Å². The molecule has 1 N–H and O–H groups in total. The Morgan fingerprint density at radius 3 is 2.25 bits per heavy atom. The third kappa shape index (κ3) is 5.32. The van der Waals surface area contributed by atoms with Crippen LogP contribution in [0.3, 0.4) is 0 Å². The molecule has 0 aliphatic rings. The number of carbonyl (C=O) groups is 1. The molecule has 0 aliphatic carbocycles. The van der Waals surface area contributed by atoms with Gasteiger partial charge >= 0.3 is 0 Å². The van der Waals surface area contributed by atoms with Crippen molar-refractivity contribution in [1.82, 2.24) is 5.73 Å². The first kappa shape index (κ1) is 11.6. The van der Waals surface area contributed by atoms with E-state index in [4.69, 9.17) is 10.2 Å². The van der Waals surface area contributed by atoms with Gasteiger partial charge in [-0.25, -0.2) is 0 Å². The van der Waals surface area contributed by atoms with Gasteiger partial charge in [0.2, 0.25) is 0 Å². The van der Waals surface area contributed by atoms with Crippen LogP contribution < -0.4 is 5.73 Å². The van der Waals surface area contributed by atoms with Gasteiger partial charge in [-0.05, 0) is 26.1 Å². The highest BCUT2D eigenvalue weighted by Crippen LogP contribution is 2.11. The Kier molecular flexibility index (Phi) is 4.48. The summed E-state index contributed by atoms with van der Waals surface area (Å²) in [6.45, 7) is 8.07. The second-order valence-corrected chi connectivity index (χ2v) is 8.33. The van der Waals surface area contributed by atoms with Crippen LogP contribution in [-0.4, -0.2) is 20.3 Å². The highest BCUT2D eigenvalue weighted by atomic mass is 28.4. The molecule has 0 aliphatic heterocycles. The summed E-state index contributed by atoms with van der Waals surface area (Å²) in [6, 6.07) is 0. The topological polar surface area (TPSA) is 50.1 Å². The molecule has 1 unspecified atom stereocenters. The predicted octanol–water partition coefficient (Wildman–Crippen LogP) is 1.82. The third-order valence-electron chi connectivity index (χ3n) is 1.34. The van der Waals surface area contributed by atoms with E-state index in [1.807, 2.05) is 26.6 Å². The monoisotopic (exact) mass is 188 g/mol. The van der Waals surface area contributed by atoms with Crippen LogP contribution in [0, 0.1) is 0 Å². The van der Waals surface area contributed by atoms with Crippen LogP contribution in [0.2, 0.25) is 19.6 Å². The second kappa shape index (κ2) is 4.62. The second-order valence-electron chi connectivity index (χ2n) is 3.87. The summed E-state index contributed by atoms with van der Waals surface area (Å²) >= 11 is 0. The Morgan fingerprint density at radius 2 is 2.00 bits per heavy atom. The standard InChI is InChI=1S/C8H18NO2Si/c1-5-6-7(8(9)10)11-12(2,3)4/h7,9H,5-6H2,1-4H3. The summed E-state index contributed by atoms with van der Waals surface area (Å²) in [5.41, 5.74) is 6.98. The molecule has 0 fully saturated rings. The van der Waals surface area contributed by atoms with E-state index >= 15 is 0 Å². The summed E-state index contributed by atoms with van der Waals surface area (Å²) < 4.78 is 5.54. The van der Waals surface area contributed by atoms with E-state index in [0.29, 0.717) is 6.42 Å². The quantitative estimate of drug-likeness (QED) is 0.618. The first-order chi connectivity index (χ1) is 5.37. The van der Waals surface area contributed by atoms with Gasteiger partial charge in [-0.15, -0.1) is 0 Å². The molecular formula is C8H18NO2Si. The molecule has 0 aromatic rings. The zero-order valence-corrected chi connectivity index (χ0v) is 9.31. The molecule has 0 rings (SSSR count). The first-order valence-electron chi connectivity index (χ1n) is 4.30. The van der Waals surface area contributed by atoms with Crippen molar-refractivity contribution in [2.75, 3.05) is 0 Å². The van der Waals surface area contributed by atoms with Crippen molar-refractivity contribution in [3.8, 4) is 0 Å². The Balaban J connectivity index is 4.05. The van der Waals surface area contributed by atoms with Gasteiger partial charge in [0.05, 0.1) is 0 Å². The van der Waals surface area contributed by atoms with Crippen molar-refractivity contribution in [1.29, 1.82) is 0 Å². The molecule has 1 amide bonds. The zero-order valence-electron chi connectivity index (χ0n) is 8.31. The van der Waals surface area contributed by atoms with Crippen LogP contribution in [0.1, 0.15) is 19.8 Å². The maximum absolute atomic E-state index is 10.8. The van der Waals surface area contributed by atoms with Crippen molar-refractivity contribution in [3.63, 3.8) is 0 Å². The Bertz CT molecular complexity index is 154. The van der Waals surface area contributed by atoms with Gasteiger partial charge in [-0.3, -0.25) is 10.5 Å². The van der Waals surface area contributed by atoms with E-state index in [9.17, 15) is 4.79 Å². The molecular weight excluding hydrogens is 170 g/mol. The van der Waals surface area contributed by atoms with Crippen molar-refractivity contribution in [2.45, 2.75) is 45.5 Å². The number of amides is 1. The minimum absolute atomic E-state index is 0.485. The summed E-state index contributed by atoms with van der Waals surface area (Å²) in [5, 5.41) is 0. The zero-order chi connectivity index (χ0) is 9.78. The normalized spacial score (nSPS) is 14.3. The van der Waals surface area contributed by atoms with Gasteiger partial charge in [0.15, 0.2) is 8.32 Å². The fourth-order valence-electron chi connectivity index (χ4n) is 0.933. The fraction of sp³-hybridized carbons (Fsp3) is 0.875. The van der Waals surface area contributed by atoms with E-state index < -0.39 is 20.3 Å². The number of hydrogen-bond donors (Lipinski definition) is 0. The maximum Gasteiger partial charge on any atom is 0.266 e. The molecule has 4 heteroatoms. The van der Waals surface area contributed by atoms with Crippen LogP contribution in [0.25, 0.3) is 0 Å². The molecule has 71 valence electrons. The largest absolute Gasteiger partial charge is 0.406 e. The molecule has 0 saturated carbocycles. The van der Waals surface area contributed by atoms with Crippen molar-refractivity contribution < 1.29 is 9.22 Å². The lowest BCUT2D eigenvalue weighted by Gasteiger charge is -2.23. The SMILES string of the molecule is CCCC(O[Si](C)(C)C)C([NH])=O. The van der Waals surface area contributed by atoms with Crippen molar-refractivity contribution in [2.24, 2.45) is 0 Å². The van der Waals surface area contributed by atoms with Crippen molar-refractivity contribution in [3.05, 3.63) is 0 Å². The van der Waals surface area contributed by atoms with Gasteiger partial charge in [-0.2, -0.15) is 0 Å². The Labute approximate surface area is 75.4 Å². The molecule has 0 heterocycles. The lowest BCUT2D eigenvalue weighted by Crippen LogP contribution is -2.37. The summed E-state index contributed by atoms with van der Waals surface area (Å²) in [5.74, 6) is -0.584. The van der Waals surface area contributed by atoms with Crippen LogP contribution in [0.5, 0.6) is 0 Å². The molecule has 0 aromatic heterocycles. The average molecular weight is 188 g/mol. The molecule has 0 bridgehead atoms. The maximum atomic E-state index is 10.8. The third-order valence-corrected chi connectivity index (χ3v) is 2.33. The van der Waals surface area contributed by atoms with Crippen molar-refractivity contribution >= 4 is 14.2 Å². The number of nitrogens with one attached hydrogen (secondary N) is 1. The average Bonchev–Trinajstić information content (AvgIpc) is 1.83. The van der Waals surface area contributed by atoms with Gasteiger partial charge in [-0.1, -0.05) is 13.3 Å². The minimum Gasteiger partial charge on any atom is -0.406 e. The van der Waals surface area contributed by atoms with Gasteiger partial charge in [0.25, 0.3) is 5.91 Å². The van der Waals surface area contributed by atoms with Gasteiger partial charge in [0.1, 0.15) is 6.10 Å². The molecule has 0 saturated heterocycles. The van der Waals surface area contributed by atoms with E-state index in [2.05, 4.69) is 0 Å². The summed E-state index contributed by atoms with van der Waals surface area (Å²) in [7, 11) is -1.66. The molecule has 12 heavy (non-hydrogen) atoms. The molecule has 1 atom stereocenters. The van der Waals surface area contributed by atoms with Gasteiger partial charge < -0.3 is 4.43 Å². The minimum atomic E-state index is -1.66. The van der Waals surface area contributed by atoms with Gasteiger partial charge in [0, 0.05) is 0 Å². The van der Waals surface area contributed by atoms with E-state index in [1.54, 1.807) is 0 Å². The molecule has 1 radical (unpaired) electrons. The summed E-state index contributed by atoms with van der Waals surface area (Å²) in [4.78, 5) is 10.8. The fourth-order valence-corrected chi connectivity index (χ4v) is 2.01. The number of rotatable bonds is 5. The van der Waals surface area contributed by atoms with Crippen LogP contribution in [0.4, 0.5) is 0 Å². The predicted molar refractivity (Wildman–Crippen MR) is 51.2 cm³/mol. The Morgan fingerprint density at radius 1 is 1.50 bits per heavy atom. The lowest BCUT2D eigenvalue weighted by molar-refractivity contribution is -0.126. The van der Waals surface area contributed by atoms with E-state index in [-0.39, 0.29) is 0 Å². The summed E-state index contributed by atoms with van der Waals surface area (Å²) in [6.07, 6.45) is 1.08. The molecule has 0 aromatic carbocycles. The van der Waals surface area contributed by atoms with Crippen LogP contribution >= 0.6 is 0 Å². The molecule has 3 nitrogen and oxygen atoms in total. The highest BCUT2D eigenvalue weighted by molar-refractivity contribution is 6.69. The smallest absolute Gasteiger partial charge is 0.266 e. The highest BCUT2D eigenvalue weighted by Gasteiger charge is 2.24. The number of hydrogen-bond acceptors (Lipinski definition) is 2. The van der Waals surface area contributed by atoms with E-state index in [1.165, 1.54) is 0 Å². The van der Waals surface area contributed by atoms with E-state index in [0.717, 1.165) is 6.42 Å². The number of carbonyl (C=O) groups excluding carboxylic acids is 1. The van der Waals surface area contributed by atoms with Crippen LogP contribution in [0.15, 0.2) is 0 Å². The molecule has 0 spiro atoms.